The summed E-state index contributed by atoms with van der Waals surface area (Å²) in [4.78, 5) is 2.33. The summed E-state index contributed by atoms with van der Waals surface area (Å²) < 4.78 is 30.8. The van der Waals surface area contributed by atoms with Crippen molar-refractivity contribution in [1.29, 1.82) is 0 Å². The molecule has 6 nitrogen and oxygen atoms in total. The molecule has 0 aliphatic heterocycles. The maximum Gasteiger partial charge on any atom is 0.229 e. The highest BCUT2D eigenvalue weighted by Gasteiger charge is 2.20. The number of rotatable bonds is 12. The van der Waals surface area contributed by atoms with E-state index in [1.54, 1.807) is 24.3 Å². The van der Waals surface area contributed by atoms with E-state index in [9.17, 15) is 13.5 Å². The summed E-state index contributed by atoms with van der Waals surface area (Å²) in [6, 6.07) is 12.4. The number of aliphatic hydroxyl groups excluding tert-OH is 1. The van der Waals surface area contributed by atoms with Crippen molar-refractivity contribution in [2.45, 2.75) is 44.6 Å². The zero-order valence-electron chi connectivity index (χ0n) is 19.6. The molecule has 2 aromatic carbocycles. The van der Waals surface area contributed by atoms with E-state index >= 15 is 0 Å². The van der Waals surface area contributed by atoms with E-state index in [0.717, 1.165) is 31.3 Å². The first-order valence-electron chi connectivity index (χ1n) is 11.7. The highest BCUT2D eigenvalue weighted by Crippen LogP contribution is 2.26. The lowest BCUT2D eigenvalue weighted by Crippen LogP contribution is -2.40. The Labute approximate surface area is 213 Å². The summed E-state index contributed by atoms with van der Waals surface area (Å²) in [6.45, 7) is 2.46. The van der Waals surface area contributed by atoms with Crippen LogP contribution in [0.4, 0.5) is 5.69 Å². The van der Waals surface area contributed by atoms with Gasteiger partial charge in [0.05, 0.1) is 16.3 Å². The van der Waals surface area contributed by atoms with Crippen LogP contribution in [0.25, 0.3) is 0 Å². The monoisotopic (exact) mass is 528 g/mol. The van der Waals surface area contributed by atoms with Gasteiger partial charge >= 0.3 is 0 Å². The molecule has 0 heterocycles. The summed E-state index contributed by atoms with van der Waals surface area (Å²) in [5, 5.41) is 11.8. The van der Waals surface area contributed by atoms with Gasteiger partial charge in [-0.2, -0.15) is 0 Å². The highest BCUT2D eigenvalue weighted by molar-refractivity contribution is 7.92. The molecule has 0 spiro atoms. The fourth-order valence-corrected chi connectivity index (χ4v) is 5.24. The minimum Gasteiger partial charge on any atom is -0.491 e. The van der Waals surface area contributed by atoms with Crippen LogP contribution in [0.15, 0.2) is 42.5 Å². The van der Waals surface area contributed by atoms with Crippen molar-refractivity contribution < 1.29 is 18.3 Å². The summed E-state index contributed by atoms with van der Waals surface area (Å²) in [5.41, 5.74) is 1.59. The van der Waals surface area contributed by atoms with Crippen molar-refractivity contribution in [2.75, 3.05) is 37.2 Å². The third-order valence-electron chi connectivity index (χ3n) is 6.01. The molecule has 0 saturated heterocycles. The van der Waals surface area contributed by atoms with E-state index in [0.29, 0.717) is 33.9 Å². The van der Waals surface area contributed by atoms with Gasteiger partial charge in [0.2, 0.25) is 10.0 Å². The van der Waals surface area contributed by atoms with Gasteiger partial charge in [0, 0.05) is 25.3 Å². The molecule has 0 bridgehead atoms. The Morgan fingerprint density at radius 1 is 1.09 bits per heavy atom. The molecular formula is C25H34Cl2N2O4S. The smallest absolute Gasteiger partial charge is 0.229 e. The Morgan fingerprint density at radius 3 is 2.44 bits per heavy atom. The van der Waals surface area contributed by atoms with Crippen LogP contribution in [0.2, 0.25) is 10.0 Å². The van der Waals surface area contributed by atoms with Crippen molar-refractivity contribution in [3.63, 3.8) is 0 Å². The molecule has 1 fully saturated rings. The second-order valence-electron chi connectivity index (χ2n) is 9.13. The lowest BCUT2D eigenvalue weighted by atomic mass is 9.89. The minimum atomic E-state index is -3.32. The molecule has 1 saturated carbocycles. The number of halogens is 2. The zero-order valence-corrected chi connectivity index (χ0v) is 21.9. The zero-order chi connectivity index (χ0) is 24.6. The summed E-state index contributed by atoms with van der Waals surface area (Å²) in [7, 11) is -3.32. The van der Waals surface area contributed by atoms with E-state index in [1.807, 2.05) is 18.2 Å². The number of nitrogens with one attached hydrogen (secondary N) is 1. The van der Waals surface area contributed by atoms with Crippen LogP contribution in [0.3, 0.4) is 0 Å². The van der Waals surface area contributed by atoms with E-state index in [1.165, 1.54) is 32.1 Å². The first kappa shape index (κ1) is 27.1. The van der Waals surface area contributed by atoms with Crippen LogP contribution in [-0.4, -0.2) is 57.0 Å². The number of hydrogen-bond acceptors (Lipinski definition) is 5. The first-order chi connectivity index (χ1) is 16.2. The van der Waals surface area contributed by atoms with Crippen LogP contribution >= 0.6 is 23.2 Å². The van der Waals surface area contributed by atoms with Crippen LogP contribution < -0.4 is 9.46 Å². The molecular weight excluding hydrogens is 495 g/mol. The van der Waals surface area contributed by atoms with E-state index in [-0.39, 0.29) is 6.61 Å². The molecule has 188 valence electrons. The Morgan fingerprint density at radius 2 is 1.79 bits per heavy atom. The van der Waals surface area contributed by atoms with Crippen molar-refractivity contribution >= 4 is 38.9 Å². The molecule has 1 aliphatic rings. The van der Waals surface area contributed by atoms with Gasteiger partial charge in [-0.25, -0.2) is 8.42 Å². The number of nitrogens with zero attached hydrogens (tertiary/aromatic N) is 1. The standard InChI is InChI=1S/C25H34Cl2N2O4S/c1-34(31,32)28-21-8-10-23(11-9-21)33-18-22(30)17-29(16-20-5-3-2-4-6-20)14-13-19-7-12-24(26)25(27)15-19/h7-12,15,20,22,28,30H,2-6,13-14,16-18H2,1H3/t22-/m0/s1. The molecule has 34 heavy (non-hydrogen) atoms. The SMILES string of the molecule is CS(=O)(=O)Nc1ccc(OC[C@@H](O)CN(CCc2ccc(Cl)c(Cl)c2)CC2CCCCC2)cc1. The number of benzene rings is 2. The van der Waals surface area contributed by atoms with Gasteiger partial charge in [-0.1, -0.05) is 48.5 Å². The Kier molecular flexibility index (Phi) is 10.3. The summed E-state index contributed by atoms with van der Waals surface area (Å²) >= 11 is 12.2. The Bertz CT molecular complexity index is 1010. The lowest BCUT2D eigenvalue weighted by molar-refractivity contribution is 0.0602. The van der Waals surface area contributed by atoms with Crippen LogP contribution in [0.5, 0.6) is 5.75 Å². The number of ether oxygens (including phenoxy) is 1. The van der Waals surface area contributed by atoms with Gasteiger partial charge in [0.25, 0.3) is 0 Å². The molecule has 3 rings (SSSR count). The van der Waals surface area contributed by atoms with Crippen LogP contribution in [0, 0.1) is 5.92 Å². The van der Waals surface area contributed by atoms with Gasteiger partial charge in [0.1, 0.15) is 18.5 Å². The molecule has 1 atom stereocenters. The second kappa shape index (κ2) is 13.0. The molecule has 1 aliphatic carbocycles. The maximum atomic E-state index is 11.3. The summed E-state index contributed by atoms with van der Waals surface area (Å²) in [6.07, 6.45) is 7.64. The largest absolute Gasteiger partial charge is 0.491 e. The van der Waals surface area contributed by atoms with E-state index in [4.69, 9.17) is 27.9 Å². The Balaban J connectivity index is 1.53. The second-order valence-corrected chi connectivity index (χ2v) is 11.7. The van der Waals surface area contributed by atoms with Gasteiger partial charge in [0.15, 0.2) is 0 Å². The third-order valence-corrected chi connectivity index (χ3v) is 7.36. The molecule has 2 aromatic rings. The van der Waals surface area contributed by atoms with Gasteiger partial charge in [-0.05, 0) is 67.1 Å². The number of sulfonamides is 1. The molecule has 0 aromatic heterocycles. The average molecular weight is 530 g/mol. The van der Waals surface area contributed by atoms with Crippen molar-refractivity contribution in [3.8, 4) is 5.75 Å². The van der Waals surface area contributed by atoms with Gasteiger partial charge in [-0.15, -0.1) is 0 Å². The molecule has 0 radical (unpaired) electrons. The molecule has 9 heteroatoms. The molecule has 2 N–H and O–H groups in total. The van der Waals surface area contributed by atoms with Crippen LogP contribution in [0.1, 0.15) is 37.7 Å². The summed E-state index contributed by atoms with van der Waals surface area (Å²) in [5.74, 6) is 1.23. The highest BCUT2D eigenvalue weighted by atomic mass is 35.5. The van der Waals surface area contributed by atoms with E-state index < -0.39 is 16.1 Å². The predicted octanol–water partition coefficient (Wildman–Crippen LogP) is 5.23. The maximum absolute atomic E-state index is 11.3. The predicted molar refractivity (Wildman–Crippen MR) is 140 cm³/mol. The lowest BCUT2D eigenvalue weighted by Gasteiger charge is -2.31. The van der Waals surface area contributed by atoms with Crippen molar-refractivity contribution in [1.82, 2.24) is 4.90 Å². The minimum absolute atomic E-state index is 0.160. The average Bonchev–Trinajstić information content (AvgIpc) is 2.79. The third kappa shape index (κ3) is 9.62. The Hall–Kier alpha value is -1.51. The topological polar surface area (TPSA) is 78.9 Å². The van der Waals surface area contributed by atoms with Crippen molar-refractivity contribution in [3.05, 3.63) is 58.1 Å². The van der Waals surface area contributed by atoms with E-state index in [2.05, 4.69) is 9.62 Å². The normalized spacial score (nSPS) is 15.9. The fourth-order valence-electron chi connectivity index (χ4n) is 4.35. The fraction of sp³-hybridized carbons (Fsp3) is 0.520. The van der Waals surface area contributed by atoms with Gasteiger partial charge in [-0.3, -0.25) is 4.72 Å². The number of anilines is 1. The van der Waals surface area contributed by atoms with Crippen LogP contribution in [-0.2, 0) is 16.4 Å². The van der Waals surface area contributed by atoms with Gasteiger partial charge < -0.3 is 14.7 Å². The number of hydrogen-bond donors (Lipinski definition) is 2. The first-order valence-corrected chi connectivity index (χ1v) is 14.4. The molecule has 0 unspecified atom stereocenters. The number of aliphatic hydroxyl groups is 1. The molecule has 0 amide bonds. The quantitative estimate of drug-likeness (QED) is 0.394. The van der Waals surface area contributed by atoms with Crippen molar-refractivity contribution in [2.24, 2.45) is 5.92 Å².